The van der Waals surface area contributed by atoms with E-state index in [1.165, 1.54) is 111 Å². The van der Waals surface area contributed by atoms with Gasteiger partial charge in [-0.1, -0.05) is 191 Å². The molecule has 0 amide bonds. The largest absolute Gasteiger partial charge is 0.457 e. The lowest BCUT2D eigenvalue weighted by Gasteiger charge is -2.45. The minimum Gasteiger partial charge on any atom is -0.457 e. The second kappa shape index (κ2) is 15.9. The van der Waals surface area contributed by atoms with Crippen molar-refractivity contribution in [2.75, 3.05) is 4.90 Å². The maximum absolute atomic E-state index is 6.58. The minimum atomic E-state index is -0.370. The van der Waals surface area contributed by atoms with Gasteiger partial charge in [0.1, 0.15) is 11.5 Å². The molecule has 3 aliphatic carbocycles. The Morgan fingerprint density at radius 3 is 1.62 bits per heavy atom. The summed E-state index contributed by atoms with van der Waals surface area (Å²) in [5.41, 5.74) is 27.1. The summed E-state index contributed by atoms with van der Waals surface area (Å²) in [5.74, 6) is 1.87. The van der Waals surface area contributed by atoms with Crippen LogP contribution in [-0.2, 0) is 22.7 Å². The molecule has 3 nitrogen and oxygen atoms in total. The van der Waals surface area contributed by atoms with Crippen molar-refractivity contribution in [1.82, 2.24) is 4.57 Å². The summed E-state index contributed by atoms with van der Waals surface area (Å²) in [4.78, 5) is 2.46. The summed E-state index contributed by atoms with van der Waals surface area (Å²) >= 11 is 0. The number of benzene rings is 11. The van der Waals surface area contributed by atoms with Crippen LogP contribution in [0.2, 0.25) is 0 Å². The molecule has 0 N–H and O–H groups in total. The standard InChI is InChI=1S/C74H54N2O/c1-72(2)60-23-11-8-20-53(60)56-38-36-52(44-65(56)72)75(49-18-6-5-7-19-49)51-37-40-66-59(43-51)70-67(41-39-57-54-21-9-12-24-61(54)73(3,4)71(57)70)76(66)50-34-32-46(33-35-50)47-30-31-48-45-74(62-25-13-10-22-55(62)58(48)42-47)63-26-14-16-28-68(63)77-69-29-17-15-27-64(69)74/h5-44H,45H2,1-4H3. The van der Waals surface area contributed by atoms with E-state index in [2.05, 4.69) is 280 Å². The molecule has 11 aromatic carbocycles. The summed E-state index contributed by atoms with van der Waals surface area (Å²) in [7, 11) is 0. The number of anilines is 3. The fraction of sp³-hybridized carbons (Fsp3) is 0.108. The molecule has 4 aliphatic rings. The Hall–Kier alpha value is -9.18. The van der Waals surface area contributed by atoms with E-state index in [0.717, 1.165) is 40.7 Å². The maximum Gasteiger partial charge on any atom is 0.131 e. The fourth-order valence-corrected chi connectivity index (χ4v) is 14.6. The molecule has 0 saturated carbocycles. The quantitative estimate of drug-likeness (QED) is 0.171. The van der Waals surface area contributed by atoms with Gasteiger partial charge >= 0.3 is 0 Å². The number of ether oxygens (including phenoxy) is 1. The van der Waals surface area contributed by atoms with Gasteiger partial charge in [-0.15, -0.1) is 0 Å². The number of aromatic nitrogens is 1. The first-order valence-electron chi connectivity index (χ1n) is 27.2. The molecule has 2 heterocycles. The van der Waals surface area contributed by atoms with Crippen molar-refractivity contribution in [2.45, 2.75) is 50.4 Å². The SMILES string of the molecule is CC1(C)c2ccccc2-c2ccc(N(c3ccccc3)c3ccc4c(c3)c3c5c(ccc3n4-c3ccc(-c4ccc6c(c4)-c4ccccc4C4(C6)c6ccccc6Oc6ccccc64)cc3)-c3ccccc3C5(C)C)cc21. The summed E-state index contributed by atoms with van der Waals surface area (Å²) in [6.07, 6.45) is 0.848. The second-order valence-electron chi connectivity index (χ2n) is 22.8. The topological polar surface area (TPSA) is 17.4 Å². The molecule has 1 aliphatic heterocycles. The number of hydrogen-bond acceptors (Lipinski definition) is 2. The van der Waals surface area contributed by atoms with Crippen molar-refractivity contribution < 1.29 is 4.74 Å². The molecular formula is C74H54N2O. The van der Waals surface area contributed by atoms with E-state index in [9.17, 15) is 0 Å². The minimum absolute atomic E-state index is 0.126. The van der Waals surface area contributed by atoms with Crippen LogP contribution in [0.15, 0.2) is 243 Å². The average Bonchev–Trinajstić information content (AvgIpc) is 4.26. The van der Waals surface area contributed by atoms with E-state index in [0.29, 0.717) is 0 Å². The van der Waals surface area contributed by atoms with Gasteiger partial charge in [-0.3, -0.25) is 0 Å². The van der Waals surface area contributed by atoms with E-state index in [1.807, 2.05) is 0 Å². The van der Waals surface area contributed by atoms with Crippen LogP contribution >= 0.6 is 0 Å². The zero-order chi connectivity index (χ0) is 51.4. The first-order chi connectivity index (χ1) is 37.7. The molecule has 366 valence electrons. The lowest BCUT2D eigenvalue weighted by atomic mass is 9.60. The van der Waals surface area contributed by atoms with Crippen LogP contribution in [0.4, 0.5) is 17.1 Å². The number of para-hydroxylation sites is 3. The summed E-state index contributed by atoms with van der Waals surface area (Å²) < 4.78 is 9.09. The van der Waals surface area contributed by atoms with E-state index >= 15 is 0 Å². The highest BCUT2D eigenvalue weighted by Crippen LogP contribution is 2.59. The average molecular weight is 987 g/mol. The van der Waals surface area contributed by atoms with Gasteiger partial charge in [0, 0.05) is 55.5 Å². The van der Waals surface area contributed by atoms with Crippen LogP contribution < -0.4 is 9.64 Å². The first-order valence-corrected chi connectivity index (χ1v) is 27.2. The van der Waals surface area contributed by atoms with Gasteiger partial charge in [-0.25, -0.2) is 0 Å². The summed E-state index contributed by atoms with van der Waals surface area (Å²) in [5, 5.41) is 2.55. The number of rotatable bonds is 5. The molecular weight excluding hydrogens is 933 g/mol. The molecule has 0 unspecified atom stereocenters. The fourth-order valence-electron chi connectivity index (χ4n) is 14.6. The van der Waals surface area contributed by atoms with Crippen molar-refractivity contribution in [1.29, 1.82) is 0 Å². The molecule has 3 heteroatoms. The second-order valence-corrected chi connectivity index (χ2v) is 22.8. The number of hydrogen-bond donors (Lipinski definition) is 0. The lowest BCUT2D eigenvalue weighted by molar-refractivity contribution is 0.414. The Bertz CT molecular complexity index is 4410. The van der Waals surface area contributed by atoms with Crippen LogP contribution in [0.3, 0.4) is 0 Å². The van der Waals surface area contributed by atoms with Crippen molar-refractivity contribution in [3.63, 3.8) is 0 Å². The van der Waals surface area contributed by atoms with Gasteiger partial charge < -0.3 is 14.2 Å². The van der Waals surface area contributed by atoms with Crippen molar-refractivity contribution >= 4 is 38.9 Å². The Balaban J connectivity index is 0.841. The molecule has 1 spiro atoms. The normalized spacial score (nSPS) is 15.1. The maximum atomic E-state index is 6.58. The van der Waals surface area contributed by atoms with Gasteiger partial charge in [0.05, 0.1) is 16.4 Å². The molecule has 0 bridgehead atoms. The third-order valence-corrected chi connectivity index (χ3v) is 18.1. The molecule has 77 heavy (non-hydrogen) atoms. The third-order valence-electron chi connectivity index (χ3n) is 18.1. The van der Waals surface area contributed by atoms with Crippen LogP contribution in [-0.4, -0.2) is 4.57 Å². The van der Waals surface area contributed by atoms with E-state index in [1.54, 1.807) is 0 Å². The van der Waals surface area contributed by atoms with E-state index < -0.39 is 0 Å². The lowest BCUT2D eigenvalue weighted by Crippen LogP contribution is -2.37. The summed E-state index contributed by atoms with van der Waals surface area (Å²) in [6, 6.07) is 90.6. The van der Waals surface area contributed by atoms with Gasteiger partial charge in [0.15, 0.2) is 0 Å². The number of fused-ring (bicyclic) bond motifs is 18. The predicted octanol–water partition coefficient (Wildman–Crippen LogP) is 19.2. The molecule has 0 fully saturated rings. The Morgan fingerprint density at radius 2 is 0.909 bits per heavy atom. The van der Waals surface area contributed by atoms with Crippen LogP contribution in [0.5, 0.6) is 11.5 Å². The molecule has 12 aromatic rings. The molecule has 1 aromatic heterocycles. The molecule has 16 rings (SSSR count). The van der Waals surface area contributed by atoms with Crippen LogP contribution in [0.25, 0.3) is 72.0 Å². The zero-order valence-electron chi connectivity index (χ0n) is 43.6. The van der Waals surface area contributed by atoms with Gasteiger partial charge in [0.2, 0.25) is 0 Å². The predicted molar refractivity (Wildman–Crippen MR) is 318 cm³/mol. The Labute approximate surface area is 449 Å². The molecule has 0 atom stereocenters. The van der Waals surface area contributed by atoms with Gasteiger partial charge in [-0.05, 0) is 163 Å². The van der Waals surface area contributed by atoms with Gasteiger partial charge in [-0.2, -0.15) is 0 Å². The van der Waals surface area contributed by atoms with Crippen LogP contribution in [0.1, 0.15) is 72.2 Å². The highest BCUT2D eigenvalue weighted by molar-refractivity contribution is 6.15. The van der Waals surface area contributed by atoms with Crippen molar-refractivity contribution in [3.8, 4) is 61.7 Å². The highest BCUT2D eigenvalue weighted by Gasteiger charge is 2.47. The van der Waals surface area contributed by atoms with Crippen molar-refractivity contribution in [2.24, 2.45) is 0 Å². The van der Waals surface area contributed by atoms with E-state index in [4.69, 9.17) is 4.74 Å². The van der Waals surface area contributed by atoms with Gasteiger partial charge in [0.25, 0.3) is 0 Å². The smallest absolute Gasteiger partial charge is 0.131 e. The highest BCUT2D eigenvalue weighted by atomic mass is 16.5. The monoisotopic (exact) mass is 986 g/mol. The first kappa shape index (κ1) is 44.1. The van der Waals surface area contributed by atoms with E-state index in [-0.39, 0.29) is 16.2 Å². The third kappa shape index (κ3) is 6.08. The Morgan fingerprint density at radius 1 is 0.377 bits per heavy atom. The molecule has 0 saturated heterocycles. The Kier molecular flexibility index (Phi) is 9.13. The zero-order valence-corrected chi connectivity index (χ0v) is 43.6. The number of nitrogens with zero attached hydrogens (tertiary/aromatic N) is 2. The molecule has 0 radical (unpaired) electrons. The van der Waals surface area contributed by atoms with Crippen LogP contribution in [0, 0.1) is 0 Å². The summed E-state index contributed by atoms with van der Waals surface area (Å²) in [6.45, 7) is 9.57. The van der Waals surface area contributed by atoms with Crippen molar-refractivity contribution in [3.05, 3.63) is 287 Å².